The maximum absolute atomic E-state index is 5.51. The van der Waals surface area contributed by atoms with Crippen molar-refractivity contribution in [2.45, 2.75) is 39.0 Å². The van der Waals surface area contributed by atoms with Crippen molar-refractivity contribution in [3.05, 3.63) is 35.4 Å². The Labute approximate surface area is 91.6 Å². The normalized spacial score (nSPS) is 25.7. The lowest BCUT2D eigenvalue weighted by Crippen LogP contribution is -2.34. The van der Waals surface area contributed by atoms with Crippen LogP contribution in [-0.4, -0.2) is 18.8 Å². The minimum Gasteiger partial charge on any atom is -0.377 e. The molecule has 1 aromatic rings. The van der Waals surface area contributed by atoms with Gasteiger partial charge >= 0.3 is 0 Å². The predicted octanol–water partition coefficient (Wildman–Crippen LogP) is 2.26. The van der Waals surface area contributed by atoms with E-state index < -0.39 is 0 Å². The van der Waals surface area contributed by atoms with Gasteiger partial charge in [-0.2, -0.15) is 0 Å². The summed E-state index contributed by atoms with van der Waals surface area (Å²) in [6, 6.07) is 9.20. The molecule has 0 spiro atoms. The van der Waals surface area contributed by atoms with Crippen molar-refractivity contribution in [3.63, 3.8) is 0 Å². The summed E-state index contributed by atoms with van der Waals surface area (Å²) in [5.41, 5.74) is 2.66. The molecule has 1 heterocycles. The molecule has 0 aliphatic carbocycles. The Hall–Kier alpha value is -0.860. The molecule has 82 valence electrons. The Morgan fingerprint density at radius 2 is 2.07 bits per heavy atom. The second kappa shape index (κ2) is 4.77. The van der Waals surface area contributed by atoms with Crippen molar-refractivity contribution in [2.24, 2.45) is 0 Å². The fourth-order valence-electron chi connectivity index (χ4n) is 1.95. The van der Waals surface area contributed by atoms with Crippen LogP contribution in [0.5, 0.6) is 0 Å². The van der Waals surface area contributed by atoms with Crippen LogP contribution in [-0.2, 0) is 11.3 Å². The number of ether oxygens (including phenoxy) is 1. The van der Waals surface area contributed by atoms with Gasteiger partial charge in [0.15, 0.2) is 0 Å². The van der Waals surface area contributed by atoms with Gasteiger partial charge in [-0.05, 0) is 25.8 Å². The summed E-state index contributed by atoms with van der Waals surface area (Å²) < 4.78 is 5.51. The highest BCUT2D eigenvalue weighted by atomic mass is 16.5. The van der Waals surface area contributed by atoms with Gasteiger partial charge in [-0.1, -0.05) is 29.8 Å². The average molecular weight is 205 g/mol. The number of hydrogen-bond acceptors (Lipinski definition) is 2. The van der Waals surface area contributed by atoms with Crippen LogP contribution in [0.4, 0.5) is 0 Å². The molecule has 2 atom stereocenters. The monoisotopic (exact) mass is 205 g/mol. The zero-order valence-electron chi connectivity index (χ0n) is 9.49. The van der Waals surface area contributed by atoms with Gasteiger partial charge in [0.25, 0.3) is 0 Å². The molecule has 0 amide bonds. The third-order valence-corrected chi connectivity index (χ3v) is 3.07. The van der Waals surface area contributed by atoms with E-state index in [0.29, 0.717) is 12.1 Å². The lowest BCUT2D eigenvalue weighted by atomic mass is 10.1. The fourth-order valence-corrected chi connectivity index (χ4v) is 1.95. The van der Waals surface area contributed by atoms with E-state index in [1.807, 2.05) is 0 Å². The third kappa shape index (κ3) is 2.80. The van der Waals surface area contributed by atoms with E-state index in [9.17, 15) is 0 Å². The van der Waals surface area contributed by atoms with E-state index in [1.165, 1.54) is 11.1 Å². The van der Waals surface area contributed by atoms with Gasteiger partial charge in [0.05, 0.1) is 6.10 Å². The number of rotatable bonds is 3. The molecule has 1 aliphatic rings. The van der Waals surface area contributed by atoms with Crippen molar-refractivity contribution in [3.8, 4) is 0 Å². The quantitative estimate of drug-likeness (QED) is 0.817. The average Bonchev–Trinajstić information content (AvgIpc) is 2.63. The van der Waals surface area contributed by atoms with Gasteiger partial charge in [-0.25, -0.2) is 0 Å². The molecule has 1 aromatic carbocycles. The van der Waals surface area contributed by atoms with Crippen molar-refractivity contribution >= 4 is 0 Å². The van der Waals surface area contributed by atoms with Crippen LogP contribution in [0.2, 0.25) is 0 Å². The molecule has 0 aromatic heterocycles. The molecule has 2 unspecified atom stereocenters. The Morgan fingerprint density at radius 3 is 2.67 bits per heavy atom. The highest BCUT2D eigenvalue weighted by Gasteiger charge is 2.22. The Balaban J connectivity index is 1.85. The molecule has 1 fully saturated rings. The molecular weight excluding hydrogens is 186 g/mol. The van der Waals surface area contributed by atoms with Crippen LogP contribution in [0, 0.1) is 6.92 Å². The van der Waals surface area contributed by atoms with E-state index in [-0.39, 0.29) is 0 Å². The Morgan fingerprint density at radius 1 is 1.33 bits per heavy atom. The topological polar surface area (TPSA) is 21.3 Å². The van der Waals surface area contributed by atoms with E-state index >= 15 is 0 Å². The van der Waals surface area contributed by atoms with E-state index in [1.54, 1.807) is 0 Å². The van der Waals surface area contributed by atoms with Crippen LogP contribution >= 0.6 is 0 Å². The van der Waals surface area contributed by atoms with Gasteiger partial charge in [-0.3, -0.25) is 0 Å². The largest absolute Gasteiger partial charge is 0.377 e. The molecule has 2 heteroatoms. The van der Waals surface area contributed by atoms with Crippen LogP contribution < -0.4 is 5.32 Å². The standard InChI is InChI=1S/C13H19NO/c1-10-3-5-12(6-4-10)9-14-13-7-8-15-11(13)2/h3-6,11,13-14H,7-9H2,1-2H3. The summed E-state index contributed by atoms with van der Waals surface area (Å²) >= 11 is 0. The molecule has 2 rings (SSSR count). The van der Waals surface area contributed by atoms with Crippen LogP contribution in [0.3, 0.4) is 0 Å². The number of benzene rings is 1. The fraction of sp³-hybridized carbons (Fsp3) is 0.538. The van der Waals surface area contributed by atoms with Crippen LogP contribution in [0.1, 0.15) is 24.5 Å². The SMILES string of the molecule is Cc1ccc(CNC2CCOC2C)cc1. The molecule has 1 aliphatic heterocycles. The summed E-state index contributed by atoms with van der Waals surface area (Å²) in [6.45, 7) is 6.09. The van der Waals surface area contributed by atoms with Gasteiger partial charge in [-0.15, -0.1) is 0 Å². The van der Waals surface area contributed by atoms with E-state index in [0.717, 1.165) is 19.6 Å². The molecule has 1 saturated heterocycles. The lowest BCUT2D eigenvalue weighted by Gasteiger charge is -2.15. The van der Waals surface area contributed by atoms with Gasteiger partial charge in [0.2, 0.25) is 0 Å². The maximum atomic E-state index is 5.51. The van der Waals surface area contributed by atoms with Gasteiger partial charge in [0, 0.05) is 19.2 Å². The third-order valence-electron chi connectivity index (χ3n) is 3.07. The maximum Gasteiger partial charge on any atom is 0.0700 e. The Bertz CT molecular complexity index is 307. The number of nitrogens with one attached hydrogen (secondary N) is 1. The predicted molar refractivity (Wildman–Crippen MR) is 61.8 cm³/mol. The second-order valence-electron chi connectivity index (χ2n) is 4.34. The van der Waals surface area contributed by atoms with E-state index in [4.69, 9.17) is 4.74 Å². The van der Waals surface area contributed by atoms with Crippen LogP contribution in [0.25, 0.3) is 0 Å². The molecular formula is C13H19NO. The molecule has 0 radical (unpaired) electrons. The smallest absolute Gasteiger partial charge is 0.0700 e. The molecule has 0 bridgehead atoms. The number of hydrogen-bond donors (Lipinski definition) is 1. The summed E-state index contributed by atoms with van der Waals surface area (Å²) in [6.07, 6.45) is 1.49. The zero-order valence-corrected chi connectivity index (χ0v) is 9.49. The summed E-state index contributed by atoms with van der Waals surface area (Å²) in [7, 11) is 0. The van der Waals surface area contributed by atoms with Crippen molar-refractivity contribution in [1.29, 1.82) is 0 Å². The number of aryl methyl sites for hydroxylation is 1. The minimum atomic E-state index is 0.357. The summed E-state index contributed by atoms with van der Waals surface area (Å²) in [4.78, 5) is 0. The molecule has 1 N–H and O–H groups in total. The molecule has 15 heavy (non-hydrogen) atoms. The van der Waals surface area contributed by atoms with E-state index in [2.05, 4.69) is 43.4 Å². The van der Waals surface area contributed by atoms with Crippen LogP contribution in [0.15, 0.2) is 24.3 Å². The summed E-state index contributed by atoms with van der Waals surface area (Å²) in [5.74, 6) is 0. The lowest BCUT2D eigenvalue weighted by molar-refractivity contribution is 0.113. The van der Waals surface area contributed by atoms with Crippen molar-refractivity contribution < 1.29 is 4.74 Å². The Kier molecular flexibility index (Phi) is 3.39. The van der Waals surface area contributed by atoms with Crippen molar-refractivity contribution in [2.75, 3.05) is 6.61 Å². The van der Waals surface area contributed by atoms with Crippen molar-refractivity contribution in [1.82, 2.24) is 5.32 Å². The highest BCUT2D eigenvalue weighted by Crippen LogP contribution is 2.13. The first-order valence-corrected chi connectivity index (χ1v) is 5.66. The zero-order chi connectivity index (χ0) is 10.7. The van der Waals surface area contributed by atoms with Gasteiger partial charge < -0.3 is 10.1 Å². The molecule has 0 saturated carbocycles. The molecule has 2 nitrogen and oxygen atoms in total. The first-order valence-electron chi connectivity index (χ1n) is 5.66. The first-order chi connectivity index (χ1) is 7.25. The first kappa shape index (κ1) is 10.7. The highest BCUT2D eigenvalue weighted by molar-refractivity contribution is 5.21. The van der Waals surface area contributed by atoms with Gasteiger partial charge in [0.1, 0.15) is 0 Å². The second-order valence-corrected chi connectivity index (χ2v) is 4.34. The minimum absolute atomic E-state index is 0.357. The summed E-state index contributed by atoms with van der Waals surface area (Å²) in [5, 5.41) is 3.54.